The maximum atomic E-state index is 15.1. The van der Waals surface area contributed by atoms with Crippen LogP contribution < -0.4 is 19.8 Å². The lowest BCUT2D eigenvalue weighted by atomic mass is 10.1. The summed E-state index contributed by atoms with van der Waals surface area (Å²) in [5.74, 6) is -1.15. The van der Waals surface area contributed by atoms with Crippen molar-refractivity contribution < 1.29 is 36.7 Å². The van der Waals surface area contributed by atoms with Crippen molar-refractivity contribution in [3.8, 4) is 0 Å². The minimum atomic E-state index is -3.42. The fourth-order valence-electron chi connectivity index (χ4n) is 4.67. The van der Waals surface area contributed by atoms with Crippen LogP contribution in [0.5, 0.6) is 0 Å². The first-order valence-corrected chi connectivity index (χ1v) is 14.9. The summed E-state index contributed by atoms with van der Waals surface area (Å²) in [6.07, 6.45) is -0.0661. The molecule has 2 heterocycles. The minimum absolute atomic E-state index is 0.0125. The zero-order valence-electron chi connectivity index (χ0n) is 22.8. The number of rotatable bonds is 10. The van der Waals surface area contributed by atoms with Crippen LogP contribution in [-0.4, -0.2) is 88.6 Å². The highest BCUT2D eigenvalue weighted by Crippen LogP contribution is 2.28. The van der Waals surface area contributed by atoms with Crippen molar-refractivity contribution in [1.82, 2.24) is 10.2 Å². The van der Waals surface area contributed by atoms with Gasteiger partial charge in [0.15, 0.2) is 5.78 Å². The van der Waals surface area contributed by atoms with Gasteiger partial charge >= 0.3 is 6.09 Å². The van der Waals surface area contributed by atoms with Gasteiger partial charge in [-0.15, -0.1) is 0 Å². The Kier molecular flexibility index (Phi) is 9.11. The summed E-state index contributed by atoms with van der Waals surface area (Å²) >= 11 is 0. The van der Waals surface area contributed by atoms with E-state index in [1.165, 1.54) is 42.2 Å². The van der Waals surface area contributed by atoms with Crippen LogP contribution in [0.25, 0.3) is 0 Å². The number of carbonyl (C=O) groups is 4. The number of nitrogens with one attached hydrogen (secondary N) is 2. The predicted octanol–water partition coefficient (Wildman–Crippen LogP) is 1.97. The Balaban J connectivity index is 1.25. The van der Waals surface area contributed by atoms with Gasteiger partial charge in [-0.2, -0.15) is 0 Å². The molecule has 1 atom stereocenters. The van der Waals surface area contributed by atoms with Crippen molar-refractivity contribution in [2.75, 3.05) is 60.0 Å². The molecular formula is C27H32FN5O7S. The highest BCUT2D eigenvalue weighted by Gasteiger charge is 2.33. The van der Waals surface area contributed by atoms with Gasteiger partial charge in [0.2, 0.25) is 21.8 Å². The molecule has 220 valence electrons. The molecule has 2 saturated heterocycles. The summed E-state index contributed by atoms with van der Waals surface area (Å²) < 4.78 is 45.3. The van der Waals surface area contributed by atoms with E-state index >= 15 is 4.39 Å². The quantitative estimate of drug-likeness (QED) is 0.400. The van der Waals surface area contributed by atoms with E-state index < -0.39 is 28.0 Å². The van der Waals surface area contributed by atoms with Crippen molar-refractivity contribution in [1.29, 1.82) is 0 Å². The average Bonchev–Trinajstić information content (AvgIpc) is 3.30. The maximum absolute atomic E-state index is 15.1. The number of hydrogen-bond acceptors (Lipinski definition) is 8. The Bertz CT molecular complexity index is 1430. The van der Waals surface area contributed by atoms with Gasteiger partial charge in [-0.25, -0.2) is 17.6 Å². The van der Waals surface area contributed by atoms with Gasteiger partial charge in [0.25, 0.3) is 0 Å². The zero-order valence-corrected chi connectivity index (χ0v) is 23.6. The molecule has 0 aliphatic carbocycles. The Morgan fingerprint density at radius 3 is 2.32 bits per heavy atom. The molecule has 2 aliphatic heterocycles. The van der Waals surface area contributed by atoms with Crippen LogP contribution in [0.1, 0.15) is 30.1 Å². The molecule has 2 fully saturated rings. The molecule has 2 aromatic carbocycles. The lowest BCUT2D eigenvalue weighted by Gasteiger charge is -2.36. The third-order valence-electron chi connectivity index (χ3n) is 6.74. The molecule has 3 amide bonds. The summed E-state index contributed by atoms with van der Waals surface area (Å²) in [5, 5.41) is 2.60. The molecule has 0 aromatic heterocycles. The Morgan fingerprint density at radius 1 is 1.02 bits per heavy atom. The van der Waals surface area contributed by atoms with Crippen molar-refractivity contribution >= 4 is 50.8 Å². The number of nitrogens with zero attached hydrogens (tertiary/aromatic N) is 3. The molecule has 0 radical (unpaired) electrons. The second-order valence-electron chi connectivity index (χ2n) is 9.93. The maximum Gasteiger partial charge on any atom is 0.414 e. The van der Waals surface area contributed by atoms with Crippen LogP contribution >= 0.6 is 0 Å². The van der Waals surface area contributed by atoms with E-state index in [-0.39, 0.29) is 43.5 Å². The molecule has 4 rings (SSSR count). The van der Waals surface area contributed by atoms with Crippen LogP contribution in [0, 0.1) is 5.82 Å². The Hall–Kier alpha value is -4.20. The number of piperazine rings is 1. The lowest BCUT2D eigenvalue weighted by molar-refractivity contribution is -0.131. The molecule has 0 bridgehead atoms. The van der Waals surface area contributed by atoms with E-state index in [0.29, 0.717) is 48.8 Å². The fraction of sp³-hybridized carbons (Fsp3) is 0.407. The molecule has 0 saturated carbocycles. The van der Waals surface area contributed by atoms with Crippen molar-refractivity contribution in [3.05, 3.63) is 53.8 Å². The van der Waals surface area contributed by atoms with Crippen molar-refractivity contribution in [2.24, 2.45) is 0 Å². The van der Waals surface area contributed by atoms with E-state index in [1.54, 1.807) is 17.0 Å². The van der Waals surface area contributed by atoms with Gasteiger partial charge in [0.05, 0.1) is 30.7 Å². The van der Waals surface area contributed by atoms with Gasteiger partial charge in [0, 0.05) is 57.2 Å². The number of anilines is 3. The third kappa shape index (κ3) is 7.93. The Morgan fingerprint density at radius 2 is 1.71 bits per heavy atom. The number of ether oxygens (including phenoxy) is 1. The van der Waals surface area contributed by atoms with E-state index in [0.717, 1.165) is 6.26 Å². The number of hydrogen-bond donors (Lipinski definition) is 2. The number of Topliss-reactive ketones (excluding diaryl/α,β-unsaturated/α-hetero) is 1. The van der Waals surface area contributed by atoms with E-state index in [4.69, 9.17) is 4.74 Å². The molecule has 2 aromatic rings. The molecule has 12 nitrogen and oxygen atoms in total. The van der Waals surface area contributed by atoms with Crippen LogP contribution in [-0.2, 0) is 24.3 Å². The fourth-order valence-corrected chi connectivity index (χ4v) is 5.24. The van der Waals surface area contributed by atoms with Gasteiger partial charge in [-0.1, -0.05) is 0 Å². The van der Waals surface area contributed by atoms with E-state index in [1.807, 2.05) is 4.90 Å². The molecule has 2 N–H and O–H groups in total. The predicted molar refractivity (Wildman–Crippen MR) is 150 cm³/mol. The SMILES string of the molecule is CC(=O)NC[C@H]1CN(c2ccc(N3CCN(C(=O)CCC(=O)c4ccc(NS(C)(=O)=O)cc4)CC3)c(F)c2)C(=O)O1. The summed E-state index contributed by atoms with van der Waals surface area (Å²) in [7, 11) is -3.42. The monoisotopic (exact) mass is 589 g/mol. The van der Waals surface area contributed by atoms with E-state index in [9.17, 15) is 27.6 Å². The summed E-state index contributed by atoms with van der Waals surface area (Å²) in [6.45, 7) is 3.25. The molecular weight excluding hydrogens is 557 g/mol. The lowest BCUT2D eigenvalue weighted by Crippen LogP contribution is -2.49. The van der Waals surface area contributed by atoms with E-state index in [2.05, 4.69) is 10.0 Å². The van der Waals surface area contributed by atoms with Crippen LogP contribution in [0.4, 0.5) is 26.2 Å². The van der Waals surface area contributed by atoms with Gasteiger partial charge < -0.3 is 19.9 Å². The summed E-state index contributed by atoms with van der Waals surface area (Å²) in [6, 6.07) is 10.5. The van der Waals surface area contributed by atoms with Crippen molar-refractivity contribution in [3.63, 3.8) is 0 Å². The number of carbonyl (C=O) groups excluding carboxylic acids is 4. The minimum Gasteiger partial charge on any atom is -0.442 e. The largest absolute Gasteiger partial charge is 0.442 e. The first kappa shape index (κ1) is 29.8. The van der Waals surface area contributed by atoms with Gasteiger partial charge in [-0.05, 0) is 42.5 Å². The number of cyclic esters (lactones) is 1. The molecule has 41 heavy (non-hydrogen) atoms. The highest BCUT2D eigenvalue weighted by atomic mass is 32.2. The number of ketones is 1. The van der Waals surface area contributed by atoms with Crippen LogP contribution in [0.3, 0.4) is 0 Å². The van der Waals surface area contributed by atoms with Crippen LogP contribution in [0.15, 0.2) is 42.5 Å². The summed E-state index contributed by atoms with van der Waals surface area (Å²) in [4.78, 5) is 53.4. The van der Waals surface area contributed by atoms with Crippen LogP contribution in [0.2, 0.25) is 0 Å². The number of sulfonamides is 1. The normalized spacial score (nSPS) is 17.3. The summed E-state index contributed by atoms with van der Waals surface area (Å²) in [5.41, 5.74) is 1.43. The number of benzene rings is 2. The first-order valence-electron chi connectivity index (χ1n) is 13.1. The molecule has 14 heteroatoms. The smallest absolute Gasteiger partial charge is 0.414 e. The first-order chi connectivity index (χ1) is 19.4. The number of amides is 3. The second kappa shape index (κ2) is 12.5. The van der Waals surface area contributed by atoms with Gasteiger partial charge in [-0.3, -0.25) is 24.0 Å². The molecule has 0 spiro atoms. The number of halogens is 1. The molecule has 2 aliphatic rings. The standard InChI is InChI=1S/C27H32FN5O7S/c1-18(34)29-16-22-17-33(27(37)40-22)21-7-8-24(23(28)15-21)31-11-13-32(14-12-31)26(36)10-9-25(35)19-3-5-20(6-4-19)30-41(2,38)39/h3-8,15,22,30H,9-14,16-17H2,1-2H3,(H,29,34)/t22-/m0/s1. The van der Waals surface area contributed by atoms with Crippen molar-refractivity contribution in [2.45, 2.75) is 25.9 Å². The topological polar surface area (TPSA) is 145 Å². The zero-order chi connectivity index (χ0) is 29.7. The third-order valence-corrected chi connectivity index (χ3v) is 7.35. The average molecular weight is 590 g/mol. The Labute approximate surface area is 237 Å². The highest BCUT2D eigenvalue weighted by molar-refractivity contribution is 7.92. The van der Waals surface area contributed by atoms with Gasteiger partial charge in [0.1, 0.15) is 11.9 Å². The molecule has 0 unspecified atom stereocenters. The second-order valence-corrected chi connectivity index (χ2v) is 11.7.